The van der Waals surface area contributed by atoms with Crippen molar-refractivity contribution in [2.75, 3.05) is 0 Å². The van der Waals surface area contributed by atoms with Crippen LogP contribution in [-0.2, 0) is 4.79 Å². The maximum Gasteiger partial charge on any atom is 0.150 e. The Labute approximate surface area is 56.5 Å². The van der Waals surface area contributed by atoms with Crippen LogP contribution in [-0.4, -0.2) is 5.78 Å². The molecule has 1 heteroatoms. The van der Waals surface area contributed by atoms with Gasteiger partial charge in [0, 0.05) is 6.42 Å². The van der Waals surface area contributed by atoms with Gasteiger partial charge >= 0.3 is 0 Å². The molecule has 0 aliphatic carbocycles. The first-order valence-electron chi connectivity index (χ1n) is 3.05. The van der Waals surface area contributed by atoms with Gasteiger partial charge in [-0.2, -0.15) is 0 Å². The quantitative estimate of drug-likeness (QED) is 0.511. The maximum atomic E-state index is 10.9. The molecule has 0 aliphatic heterocycles. The minimum atomic E-state index is -0.561. The summed E-state index contributed by atoms with van der Waals surface area (Å²) in [4.78, 5) is 10.9. The molecule has 0 unspecified atom stereocenters. The van der Waals surface area contributed by atoms with Crippen LogP contribution in [0.5, 0.6) is 0 Å². The summed E-state index contributed by atoms with van der Waals surface area (Å²) in [6.07, 6.45) is 5.64. The zero-order chi connectivity index (χ0) is 7.49. The van der Waals surface area contributed by atoms with Crippen LogP contribution in [0.4, 0.5) is 0 Å². The molecule has 0 bridgehead atoms. The zero-order valence-electron chi connectivity index (χ0n) is 6.19. The first-order valence-corrected chi connectivity index (χ1v) is 3.05. The molecule has 0 aromatic rings. The predicted molar refractivity (Wildman–Crippen MR) is 37.9 cm³/mol. The summed E-state index contributed by atoms with van der Waals surface area (Å²) in [6, 6.07) is 0. The summed E-state index contributed by atoms with van der Waals surface area (Å²) in [5.41, 5.74) is -0.561. The maximum absolute atomic E-state index is 10.9. The number of hydrogen-bond acceptors (Lipinski definition) is 1. The van der Waals surface area contributed by atoms with Crippen molar-refractivity contribution in [2.45, 2.75) is 27.2 Å². The van der Waals surface area contributed by atoms with E-state index in [9.17, 15) is 4.79 Å². The van der Waals surface area contributed by atoms with Crippen molar-refractivity contribution < 1.29 is 4.79 Å². The van der Waals surface area contributed by atoms with Gasteiger partial charge in [0.2, 0.25) is 0 Å². The van der Waals surface area contributed by atoms with E-state index in [0.717, 1.165) is 0 Å². The van der Waals surface area contributed by atoms with Gasteiger partial charge in [-0.15, -0.1) is 6.42 Å². The van der Waals surface area contributed by atoms with Crippen LogP contribution < -0.4 is 0 Å². The van der Waals surface area contributed by atoms with Crippen LogP contribution >= 0.6 is 0 Å². The van der Waals surface area contributed by atoms with Crippen molar-refractivity contribution in [1.82, 2.24) is 0 Å². The predicted octanol–water partition coefficient (Wildman–Crippen LogP) is 1.62. The Morgan fingerprint density at radius 1 is 1.67 bits per heavy atom. The molecule has 0 rings (SSSR count). The number of terminal acetylenes is 1. The number of rotatable bonds is 2. The highest BCUT2D eigenvalue weighted by atomic mass is 16.1. The van der Waals surface area contributed by atoms with Crippen LogP contribution in [0.3, 0.4) is 0 Å². The van der Waals surface area contributed by atoms with Gasteiger partial charge in [-0.25, -0.2) is 0 Å². The van der Waals surface area contributed by atoms with E-state index in [1.807, 2.05) is 6.92 Å². The lowest BCUT2D eigenvalue weighted by atomic mass is 9.88. The third-order valence-corrected chi connectivity index (χ3v) is 1.38. The summed E-state index contributed by atoms with van der Waals surface area (Å²) in [6.45, 7) is 5.35. The lowest BCUT2D eigenvalue weighted by molar-refractivity contribution is -0.124. The van der Waals surface area contributed by atoms with Gasteiger partial charge in [0.1, 0.15) is 5.78 Å². The van der Waals surface area contributed by atoms with E-state index < -0.39 is 5.41 Å². The molecule has 0 aromatic heterocycles. The van der Waals surface area contributed by atoms with Gasteiger partial charge < -0.3 is 0 Å². The Balaban J connectivity index is 4.19. The first kappa shape index (κ1) is 8.23. The normalized spacial score (nSPS) is 10.4. The van der Waals surface area contributed by atoms with Crippen LogP contribution in [0, 0.1) is 17.8 Å². The van der Waals surface area contributed by atoms with Crippen LogP contribution in [0.25, 0.3) is 0 Å². The van der Waals surface area contributed by atoms with Crippen molar-refractivity contribution in [3.8, 4) is 12.3 Å². The van der Waals surface area contributed by atoms with Crippen LogP contribution in [0.15, 0.2) is 0 Å². The summed E-state index contributed by atoms with van der Waals surface area (Å²) in [7, 11) is 0. The molecule has 1 nitrogen and oxygen atoms in total. The number of carbonyl (C=O) groups excluding carboxylic acids is 1. The number of ketones is 1. The van der Waals surface area contributed by atoms with Crippen molar-refractivity contribution in [3.05, 3.63) is 0 Å². The van der Waals surface area contributed by atoms with Gasteiger partial charge in [-0.05, 0) is 13.8 Å². The second-order valence-electron chi connectivity index (χ2n) is 2.55. The number of hydrogen-bond donors (Lipinski definition) is 0. The smallest absolute Gasteiger partial charge is 0.150 e. The fourth-order valence-electron chi connectivity index (χ4n) is 0.522. The topological polar surface area (TPSA) is 17.1 Å². The molecule has 0 atom stereocenters. The lowest BCUT2D eigenvalue weighted by Crippen LogP contribution is -2.20. The van der Waals surface area contributed by atoms with E-state index in [1.165, 1.54) is 0 Å². The van der Waals surface area contributed by atoms with Gasteiger partial charge in [-0.3, -0.25) is 4.79 Å². The second kappa shape index (κ2) is 2.68. The Bertz CT molecular complexity index is 148. The molecule has 0 aliphatic rings. The highest BCUT2D eigenvalue weighted by Crippen LogP contribution is 2.15. The van der Waals surface area contributed by atoms with Gasteiger partial charge in [0.05, 0.1) is 5.41 Å². The molecule has 0 N–H and O–H groups in total. The van der Waals surface area contributed by atoms with Crippen molar-refractivity contribution in [3.63, 3.8) is 0 Å². The Hall–Kier alpha value is -0.770. The van der Waals surface area contributed by atoms with E-state index in [2.05, 4.69) is 5.92 Å². The lowest BCUT2D eigenvalue weighted by Gasteiger charge is -2.13. The fraction of sp³-hybridized carbons (Fsp3) is 0.625. The molecule has 0 radical (unpaired) electrons. The molecule has 0 fully saturated rings. The molecule has 0 heterocycles. The van der Waals surface area contributed by atoms with E-state index in [1.54, 1.807) is 13.8 Å². The standard InChI is InChI=1S/C8H12O/c1-5-7(9)8(3,4)6-2/h2H,5H2,1,3-4H3. The molecule has 0 aromatic carbocycles. The number of Topliss-reactive ketones (excluding diaryl/α,β-unsaturated/α-hetero) is 1. The molecular weight excluding hydrogens is 112 g/mol. The first-order chi connectivity index (χ1) is 4.04. The molecule has 0 saturated carbocycles. The summed E-state index contributed by atoms with van der Waals surface area (Å²) < 4.78 is 0. The summed E-state index contributed by atoms with van der Waals surface area (Å²) in [5, 5.41) is 0. The third kappa shape index (κ3) is 1.89. The number of carbonyl (C=O) groups is 1. The largest absolute Gasteiger partial charge is 0.298 e. The average molecular weight is 124 g/mol. The minimum Gasteiger partial charge on any atom is -0.298 e. The Kier molecular flexibility index (Phi) is 2.45. The molecular formula is C8H12O. The molecule has 0 saturated heterocycles. The second-order valence-corrected chi connectivity index (χ2v) is 2.55. The molecule has 0 spiro atoms. The summed E-state index contributed by atoms with van der Waals surface area (Å²) in [5.74, 6) is 2.57. The Morgan fingerprint density at radius 2 is 2.11 bits per heavy atom. The van der Waals surface area contributed by atoms with Gasteiger partial charge in [0.25, 0.3) is 0 Å². The average Bonchev–Trinajstić information content (AvgIpc) is 1.86. The van der Waals surface area contributed by atoms with Gasteiger partial charge in [0.15, 0.2) is 0 Å². The molecule has 0 amide bonds. The molecule has 50 valence electrons. The van der Waals surface area contributed by atoms with E-state index in [0.29, 0.717) is 6.42 Å². The van der Waals surface area contributed by atoms with Gasteiger partial charge in [-0.1, -0.05) is 12.8 Å². The highest BCUT2D eigenvalue weighted by molar-refractivity contribution is 5.86. The monoisotopic (exact) mass is 124 g/mol. The Morgan fingerprint density at radius 3 is 2.22 bits per heavy atom. The van der Waals surface area contributed by atoms with Crippen molar-refractivity contribution in [1.29, 1.82) is 0 Å². The SMILES string of the molecule is C#CC(C)(C)C(=O)CC. The zero-order valence-corrected chi connectivity index (χ0v) is 6.19. The fourth-order valence-corrected chi connectivity index (χ4v) is 0.522. The van der Waals surface area contributed by atoms with Crippen molar-refractivity contribution >= 4 is 5.78 Å². The van der Waals surface area contributed by atoms with E-state index >= 15 is 0 Å². The van der Waals surface area contributed by atoms with E-state index in [4.69, 9.17) is 6.42 Å². The summed E-state index contributed by atoms with van der Waals surface area (Å²) >= 11 is 0. The molecule has 9 heavy (non-hydrogen) atoms. The minimum absolute atomic E-state index is 0.130. The van der Waals surface area contributed by atoms with E-state index in [-0.39, 0.29) is 5.78 Å². The van der Waals surface area contributed by atoms with Crippen LogP contribution in [0.1, 0.15) is 27.2 Å². The van der Waals surface area contributed by atoms with Crippen molar-refractivity contribution in [2.24, 2.45) is 5.41 Å². The highest BCUT2D eigenvalue weighted by Gasteiger charge is 2.21. The third-order valence-electron chi connectivity index (χ3n) is 1.38. The van der Waals surface area contributed by atoms with Crippen LogP contribution in [0.2, 0.25) is 0 Å².